The van der Waals surface area contributed by atoms with Crippen molar-refractivity contribution in [1.82, 2.24) is 9.97 Å². The van der Waals surface area contributed by atoms with Crippen LogP contribution in [0.2, 0.25) is 0 Å². The molecular weight excluding hydrogens is 630 g/mol. The van der Waals surface area contributed by atoms with Gasteiger partial charge in [0, 0.05) is 28.6 Å². The summed E-state index contributed by atoms with van der Waals surface area (Å²) in [6, 6.07) is 7.53. The van der Waals surface area contributed by atoms with Crippen molar-refractivity contribution in [2.24, 2.45) is 10.2 Å². The molecule has 3 aromatic carbocycles. The molecule has 0 saturated carbocycles. The van der Waals surface area contributed by atoms with E-state index in [2.05, 4.69) is 30.8 Å². The Morgan fingerprint density at radius 2 is 1.52 bits per heavy atom. The monoisotopic (exact) mass is 646 g/mol. The maximum atomic E-state index is 13.5. The fourth-order valence-corrected chi connectivity index (χ4v) is 5.01. The van der Waals surface area contributed by atoms with E-state index in [1.807, 2.05) is 0 Å². The molecule has 4 aromatic rings. The molecule has 0 aliphatic heterocycles. The minimum Gasteiger partial charge on any atom is -0.507 e. The molecule has 42 heavy (non-hydrogen) atoms. The van der Waals surface area contributed by atoms with Crippen LogP contribution >= 0.6 is 0 Å². The number of azo groups is 1. The molecule has 16 nitrogen and oxygen atoms in total. The summed E-state index contributed by atoms with van der Waals surface area (Å²) < 4.78 is 125. The lowest BCUT2D eigenvalue weighted by Gasteiger charge is -2.13. The molecule has 6 N–H and O–H groups in total. The number of fused-ring (bicyclic) bond motifs is 1. The zero-order valence-corrected chi connectivity index (χ0v) is 22.8. The highest BCUT2D eigenvalue weighted by Gasteiger charge is 2.20. The molecular formula is C21H16F2N6O10S3. The van der Waals surface area contributed by atoms with Gasteiger partial charge in [-0.3, -0.25) is 13.7 Å². The number of aromatic nitrogens is 2. The molecule has 0 fully saturated rings. The van der Waals surface area contributed by atoms with Crippen LogP contribution < -0.4 is 10.6 Å². The number of nitrogens with zero attached hydrogens (tertiary/aromatic N) is 4. The van der Waals surface area contributed by atoms with Crippen LogP contribution in [0, 0.1) is 12.0 Å². The third-order valence-corrected chi connectivity index (χ3v) is 7.48. The van der Waals surface area contributed by atoms with Crippen LogP contribution in [0.3, 0.4) is 0 Å². The van der Waals surface area contributed by atoms with E-state index < -0.39 is 75.2 Å². The van der Waals surface area contributed by atoms with Crippen LogP contribution in [0.5, 0.6) is 5.75 Å². The normalized spacial score (nSPS) is 12.6. The highest BCUT2D eigenvalue weighted by Crippen LogP contribution is 2.41. The quantitative estimate of drug-likeness (QED) is 0.0658. The second-order valence-electron chi connectivity index (χ2n) is 8.20. The van der Waals surface area contributed by atoms with Crippen molar-refractivity contribution in [2.75, 3.05) is 16.5 Å². The Morgan fingerprint density at radius 3 is 2.14 bits per heavy atom. The van der Waals surface area contributed by atoms with Gasteiger partial charge in [-0.05, 0) is 36.4 Å². The van der Waals surface area contributed by atoms with Crippen molar-refractivity contribution in [3.8, 4) is 5.75 Å². The summed E-state index contributed by atoms with van der Waals surface area (Å²) in [6.45, 7) is 0. The van der Waals surface area contributed by atoms with Gasteiger partial charge in [-0.1, -0.05) is 0 Å². The minimum atomic E-state index is -4.96. The number of nitrogens with one attached hydrogen (secondary N) is 2. The van der Waals surface area contributed by atoms with Crippen molar-refractivity contribution >= 4 is 69.7 Å². The molecule has 0 spiro atoms. The van der Waals surface area contributed by atoms with Gasteiger partial charge in [0.15, 0.2) is 0 Å². The summed E-state index contributed by atoms with van der Waals surface area (Å²) in [6.07, 6.45) is -1.42. The fraction of sp³-hybridized carbons (Fsp3) is 0.0476. The van der Waals surface area contributed by atoms with Gasteiger partial charge in [0.25, 0.3) is 30.4 Å². The molecule has 0 radical (unpaired) electrons. The van der Waals surface area contributed by atoms with Gasteiger partial charge in [0.2, 0.25) is 5.95 Å². The Bertz CT molecular complexity index is 2070. The highest BCUT2D eigenvalue weighted by atomic mass is 32.2. The summed E-state index contributed by atoms with van der Waals surface area (Å²) in [5.74, 6) is -3.35. The Kier molecular flexibility index (Phi) is 8.08. The first-order chi connectivity index (χ1) is 19.4. The first kappa shape index (κ1) is 30.5. The smallest absolute Gasteiger partial charge is 0.313 e. The number of phenolic OH excluding ortho intramolecular Hbond substituents is 1. The molecule has 222 valence electrons. The number of anilines is 3. The molecule has 0 saturated heterocycles. The van der Waals surface area contributed by atoms with Crippen LogP contribution in [-0.4, -0.2) is 59.9 Å². The van der Waals surface area contributed by atoms with Crippen molar-refractivity contribution in [2.45, 2.75) is 9.79 Å². The summed E-state index contributed by atoms with van der Waals surface area (Å²) >= 11 is 0. The summed E-state index contributed by atoms with van der Waals surface area (Å²) in [4.78, 5) is 4.54. The van der Waals surface area contributed by atoms with Crippen molar-refractivity contribution in [1.29, 1.82) is 0 Å². The van der Waals surface area contributed by atoms with E-state index in [4.69, 9.17) is 4.55 Å². The predicted molar refractivity (Wildman–Crippen MR) is 141 cm³/mol. The lowest BCUT2D eigenvalue weighted by Crippen LogP contribution is -2.13. The SMILES string of the molecule is O=S(=O)(O)CNc1ccc2c(O)cc(S(=O)(=O)O)cc2c1N=Nc1cc(Nc2cc(F)nc(F)n2)ccc1S(=O)(=O)O. The number of halogens is 2. The number of aromatic hydroxyl groups is 1. The van der Waals surface area contributed by atoms with E-state index in [9.17, 15) is 48.2 Å². The zero-order chi connectivity index (χ0) is 31.0. The molecule has 0 unspecified atom stereocenters. The Hall–Kier alpha value is -4.41. The van der Waals surface area contributed by atoms with Crippen LogP contribution in [0.4, 0.5) is 37.3 Å². The van der Waals surface area contributed by atoms with Crippen LogP contribution in [0.25, 0.3) is 10.8 Å². The van der Waals surface area contributed by atoms with Crippen LogP contribution in [0.15, 0.2) is 68.6 Å². The van der Waals surface area contributed by atoms with E-state index in [1.165, 1.54) is 6.07 Å². The standard InChI is InChI=1S/C21H16F2N6O10S3/c22-18-8-19(27-21(23)26-18)25-10-1-4-17(42(37,38)39)15(5-10)28-29-20-13-6-11(41(34,35)36)7-16(30)12(13)2-3-14(20)24-9-40(31,32)33/h1-8,24,30H,9H2,(H,25,26,27)(H,31,32,33)(H,34,35,36)(H,37,38,39). The predicted octanol–water partition coefficient (Wildman–Crippen LogP) is 3.52. The van der Waals surface area contributed by atoms with E-state index in [1.54, 1.807) is 0 Å². The number of hydrogen-bond donors (Lipinski definition) is 6. The molecule has 0 aliphatic carbocycles. The highest BCUT2D eigenvalue weighted by molar-refractivity contribution is 7.86. The lowest BCUT2D eigenvalue weighted by atomic mass is 10.1. The van der Waals surface area contributed by atoms with E-state index in [0.717, 1.165) is 30.3 Å². The molecule has 1 heterocycles. The Balaban J connectivity index is 1.92. The first-order valence-corrected chi connectivity index (χ1v) is 15.4. The third kappa shape index (κ3) is 7.26. The second-order valence-corrected chi connectivity index (χ2v) is 12.5. The molecule has 0 atom stereocenters. The number of hydrogen-bond acceptors (Lipinski definition) is 13. The van der Waals surface area contributed by atoms with Crippen LogP contribution in [-0.2, 0) is 30.4 Å². The van der Waals surface area contributed by atoms with Gasteiger partial charge in [0.05, 0.1) is 10.6 Å². The average molecular weight is 647 g/mol. The van der Waals surface area contributed by atoms with Gasteiger partial charge in [0.1, 0.15) is 33.7 Å². The topological polar surface area (TPSA) is 258 Å². The van der Waals surface area contributed by atoms with E-state index in [-0.39, 0.29) is 28.0 Å². The van der Waals surface area contributed by atoms with E-state index in [0.29, 0.717) is 12.1 Å². The van der Waals surface area contributed by atoms with E-state index >= 15 is 0 Å². The first-order valence-electron chi connectivity index (χ1n) is 10.9. The third-order valence-electron chi connectivity index (χ3n) is 5.24. The van der Waals surface area contributed by atoms with Gasteiger partial charge < -0.3 is 15.7 Å². The Labute approximate surface area is 235 Å². The number of benzene rings is 3. The lowest BCUT2D eigenvalue weighted by molar-refractivity contribution is 0.471. The molecule has 4 rings (SSSR count). The molecule has 1 aromatic heterocycles. The molecule has 0 aliphatic rings. The molecule has 0 amide bonds. The largest absolute Gasteiger partial charge is 0.507 e. The maximum absolute atomic E-state index is 13.5. The van der Waals surface area contributed by atoms with Gasteiger partial charge in [-0.2, -0.15) is 44.0 Å². The number of rotatable bonds is 9. The molecule has 21 heteroatoms. The summed E-state index contributed by atoms with van der Waals surface area (Å²) in [5.41, 5.74) is -1.31. The summed E-state index contributed by atoms with van der Waals surface area (Å²) in [7, 11) is -14.5. The van der Waals surface area contributed by atoms with Crippen molar-refractivity contribution in [3.63, 3.8) is 0 Å². The van der Waals surface area contributed by atoms with Gasteiger partial charge >= 0.3 is 6.08 Å². The van der Waals surface area contributed by atoms with Crippen molar-refractivity contribution < 1.29 is 52.8 Å². The second kappa shape index (κ2) is 11.1. The summed E-state index contributed by atoms with van der Waals surface area (Å²) in [5, 5.41) is 22.5. The maximum Gasteiger partial charge on any atom is 0.313 e. The minimum absolute atomic E-state index is 0.0669. The van der Waals surface area contributed by atoms with Gasteiger partial charge in [-0.15, -0.1) is 10.2 Å². The molecule has 0 bridgehead atoms. The van der Waals surface area contributed by atoms with Crippen molar-refractivity contribution in [3.05, 3.63) is 60.6 Å². The average Bonchev–Trinajstić information content (AvgIpc) is 2.84. The Morgan fingerprint density at radius 1 is 0.810 bits per heavy atom. The zero-order valence-electron chi connectivity index (χ0n) is 20.3. The number of phenols is 1. The van der Waals surface area contributed by atoms with Gasteiger partial charge in [-0.25, -0.2) is 0 Å². The van der Waals surface area contributed by atoms with Crippen LogP contribution in [0.1, 0.15) is 0 Å². The fourth-order valence-electron chi connectivity index (χ4n) is 3.54.